The van der Waals surface area contributed by atoms with Gasteiger partial charge in [0.25, 0.3) is 5.91 Å². The monoisotopic (exact) mass is 1240 g/mol. The van der Waals surface area contributed by atoms with E-state index in [9.17, 15) is 93.3 Å². The number of aliphatic hydroxyl groups excluding tert-OH is 5. The molecule has 1 aliphatic heterocycles. The zero-order valence-corrected chi connectivity index (χ0v) is 48.9. The first-order valence-corrected chi connectivity index (χ1v) is 28.8. The third kappa shape index (κ3) is 28.4. The molecule has 22 N–H and O–H groups in total. The Kier molecular flexibility index (Phi) is 37.2. The van der Waals surface area contributed by atoms with Crippen LogP contribution in [-0.2, 0) is 62.3 Å². The van der Waals surface area contributed by atoms with Crippen LogP contribution in [0.2, 0.25) is 0 Å². The predicted octanol–water partition coefficient (Wildman–Crippen LogP) is -5.80. The Morgan fingerprint density at radius 3 is 1.62 bits per heavy atom. The zero-order chi connectivity index (χ0) is 64.3. The smallest absolute Gasteiger partial charge is 0.335 e. The van der Waals surface area contributed by atoms with Crippen LogP contribution in [0.5, 0.6) is 0 Å². The fourth-order valence-corrected chi connectivity index (χ4v) is 8.58. The van der Waals surface area contributed by atoms with Crippen LogP contribution in [0.25, 0.3) is 0 Å². The van der Waals surface area contributed by atoms with E-state index in [2.05, 4.69) is 44.1 Å². The second-order valence-electron chi connectivity index (χ2n) is 20.3. The lowest BCUT2D eigenvalue weighted by Crippen LogP contribution is -2.62. The predicted molar refractivity (Wildman–Crippen MR) is 301 cm³/mol. The van der Waals surface area contributed by atoms with E-state index in [1.54, 1.807) is 0 Å². The summed E-state index contributed by atoms with van der Waals surface area (Å²) in [6.45, 7) is 2.48. The van der Waals surface area contributed by atoms with Crippen molar-refractivity contribution < 1.29 is 98.0 Å². The van der Waals surface area contributed by atoms with Crippen molar-refractivity contribution in [2.24, 2.45) is 17.2 Å². The highest BCUT2D eigenvalue weighted by Gasteiger charge is 2.41. The lowest BCUT2D eigenvalue weighted by Gasteiger charge is -2.28. The molecule has 13 unspecified atom stereocenters. The number of unbranched alkanes of at least 4 members (excludes halogenated alkanes) is 9. The van der Waals surface area contributed by atoms with Crippen LogP contribution in [0, 0.1) is 0 Å². The van der Waals surface area contributed by atoms with Gasteiger partial charge in [0.15, 0.2) is 12.1 Å². The molecule has 85 heavy (non-hydrogen) atoms. The number of allylic oxidation sites excluding steroid dienone is 1. The van der Waals surface area contributed by atoms with E-state index in [0.717, 1.165) is 71.3 Å². The first-order chi connectivity index (χ1) is 40.2. The van der Waals surface area contributed by atoms with Gasteiger partial charge in [-0.1, -0.05) is 70.8 Å². The summed E-state index contributed by atoms with van der Waals surface area (Å²) in [4.78, 5) is 163. The van der Waals surface area contributed by atoms with E-state index in [1.807, 2.05) is 10.6 Å². The Hall–Kier alpha value is -6.65. The van der Waals surface area contributed by atoms with Crippen LogP contribution in [0.1, 0.15) is 130 Å². The van der Waals surface area contributed by atoms with Gasteiger partial charge in [-0.15, -0.1) is 11.6 Å². The molecule has 1 fully saturated rings. The number of carboxylic acid groups (broad SMARTS) is 2. The third-order valence-corrected chi connectivity index (χ3v) is 13.7. The van der Waals surface area contributed by atoms with Gasteiger partial charge in [-0.2, -0.15) is 0 Å². The van der Waals surface area contributed by atoms with Crippen molar-refractivity contribution >= 4 is 82.7 Å². The van der Waals surface area contributed by atoms with Crippen molar-refractivity contribution in [3.63, 3.8) is 0 Å². The molecule has 13 atom stereocenters. The van der Waals surface area contributed by atoms with E-state index < -0.39 is 194 Å². The molecule has 0 aromatic carbocycles. The van der Waals surface area contributed by atoms with E-state index in [-0.39, 0.29) is 45.2 Å². The van der Waals surface area contributed by atoms with Crippen molar-refractivity contribution in [3.05, 3.63) is 11.8 Å². The third-order valence-electron chi connectivity index (χ3n) is 13.3. The second-order valence-corrected chi connectivity index (χ2v) is 20.7. The minimum Gasteiger partial charge on any atom is -0.481 e. The second kappa shape index (κ2) is 41.4. The van der Waals surface area contributed by atoms with Crippen LogP contribution < -0.4 is 65.1 Å². The molecule has 0 aliphatic carbocycles. The topological polar surface area (TPSA) is 542 Å². The summed E-state index contributed by atoms with van der Waals surface area (Å²) >= 11 is 5.85. The Balaban J connectivity index is 4.01. The van der Waals surface area contributed by atoms with Crippen molar-refractivity contribution in [2.45, 2.75) is 209 Å². The first kappa shape index (κ1) is 76.4. The van der Waals surface area contributed by atoms with Crippen LogP contribution in [0.3, 0.4) is 0 Å². The van der Waals surface area contributed by atoms with E-state index in [4.69, 9.17) is 33.5 Å². The molecule has 9 amide bonds. The number of carboxylic acids is 2. The van der Waals surface area contributed by atoms with Crippen molar-refractivity contribution in [3.8, 4) is 0 Å². The first-order valence-electron chi connectivity index (χ1n) is 28.3. The fraction of sp³-hybridized carbons (Fsp3) is 0.731. The van der Waals surface area contributed by atoms with Gasteiger partial charge in [0.05, 0.1) is 43.1 Å². The number of hydrogen-bond acceptors (Lipinski definition) is 21. The summed E-state index contributed by atoms with van der Waals surface area (Å²) in [5.74, 6) is -18.2. The number of aliphatic hydroxyl groups is 5. The van der Waals surface area contributed by atoms with Gasteiger partial charge in [0, 0.05) is 0 Å². The van der Waals surface area contributed by atoms with E-state index in [0.29, 0.717) is 6.42 Å². The molecular formula is C52H89ClN12O20. The van der Waals surface area contributed by atoms with Gasteiger partial charge >= 0.3 is 17.9 Å². The number of halogens is 1. The Morgan fingerprint density at radius 2 is 1.12 bits per heavy atom. The summed E-state index contributed by atoms with van der Waals surface area (Å²) < 4.78 is 5.25. The average Bonchev–Trinajstić information content (AvgIpc) is 3.67. The zero-order valence-electron chi connectivity index (χ0n) is 48.2. The number of cyclic esters (lactones) is 1. The van der Waals surface area contributed by atoms with Gasteiger partial charge in [-0.05, 0) is 72.0 Å². The molecule has 0 saturated carbocycles. The Bertz CT molecular complexity index is 2250. The van der Waals surface area contributed by atoms with E-state index in [1.165, 1.54) is 0 Å². The number of carbonyl (C=O) groups is 12. The average molecular weight is 1240 g/mol. The van der Waals surface area contributed by atoms with Crippen LogP contribution in [0.15, 0.2) is 11.8 Å². The molecule has 0 radical (unpaired) electrons. The van der Waals surface area contributed by atoms with Crippen molar-refractivity contribution in [1.82, 2.24) is 47.9 Å². The summed E-state index contributed by atoms with van der Waals surface area (Å²) in [5, 5.41) is 92.7. The lowest BCUT2D eigenvalue weighted by atomic mass is 10.0. The number of rotatable bonds is 29. The quantitative estimate of drug-likeness (QED) is 0.0144. The number of esters is 1. The summed E-state index contributed by atoms with van der Waals surface area (Å²) in [7, 11) is 0. The van der Waals surface area contributed by atoms with Gasteiger partial charge in [-0.3, -0.25) is 47.9 Å². The Labute approximate surface area is 497 Å². The molecule has 0 aromatic heterocycles. The van der Waals surface area contributed by atoms with Gasteiger partial charge in [0.1, 0.15) is 54.6 Å². The number of nitrogens with two attached hydrogens (primary N) is 3. The number of alkyl halides is 1. The van der Waals surface area contributed by atoms with Crippen molar-refractivity contribution in [2.75, 3.05) is 32.1 Å². The minimum absolute atomic E-state index is 0.0835. The number of amides is 9. The molecule has 1 rings (SSSR count). The molecule has 484 valence electrons. The minimum atomic E-state index is -2.85. The van der Waals surface area contributed by atoms with Crippen LogP contribution in [-0.4, -0.2) is 218 Å². The molecule has 0 bridgehead atoms. The molecule has 1 aliphatic rings. The summed E-state index contributed by atoms with van der Waals surface area (Å²) in [6.07, 6.45) is -2.94. The molecule has 1 saturated heterocycles. The normalized spacial score (nSPS) is 24.6. The van der Waals surface area contributed by atoms with Gasteiger partial charge in [-0.25, -0.2) is 9.59 Å². The molecular weight excluding hydrogens is 1150 g/mol. The van der Waals surface area contributed by atoms with Gasteiger partial charge in [0.2, 0.25) is 47.3 Å². The highest BCUT2D eigenvalue weighted by Crippen LogP contribution is 2.15. The summed E-state index contributed by atoms with van der Waals surface area (Å²) in [6, 6.07) is -16.1. The number of hydrogen-bond donors (Lipinski definition) is 19. The van der Waals surface area contributed by atoms with Gasteiger partial charge < -0.3 is 106 Å². The molecule has 32 nitrogen and oxygen atoms in total. The molecule has 1 heterocycles. The highest BCUT2D eigenvalue weighted by molar-refractivity contribution is 6.18. The number of carbonyl (C=O) groups excluding carboxylic acids is 10. The lowest BCUT2D eigenvalue weighted by molar-refractivity contribution is -0.155. The number of aliphatic carboxylic acids is 2. The maximum Gasteiger partial charge on any atom is 0.335 e. The maximum atomic E-state index is 14.2. The standard InChI is InChI=1S/C52H89ClN12O20/c1-4-6-7-8-9-10-11-12-13-17-34(67)35(68)24-37(70)57-33-26-85-52(84)40(36(69)25-53)64-50(81)41(42(73)51(82)83)65-43(74)28(5-2)58-49(80)39(27(3)66)63-46(77)31(19-22-56)60-44(75)29(16-14-15-20-54)59-47(78)32(23-38(71)72)62-45(76)30(18-21-55)61-48(33)79/h5,27,29-36,39-42,66-69,73H,4,6-26,54-56H2,1-3H3,(H,57,70)(H,58,80)(H,59,78)(H,60,75)(H,61,79)(H,62,76)(H,63,77)(H,64,81)(H,65,74)(H,71,72)(H,82,83)/b28-5-. The Morgan fingerprint density at radius 1 is 0.612 bits per heavy atom. The van der Waals surface area contributed by atoms with E-state index >= 15 is 0 Å². The number of nitrogens with one attached hydrogen (secondary N) is 9. The summed E-state index contributed by atoms with van der Waals surface area (Å²) in [5.41, 5.74) is 16.4. The largest absolute Gasteiger partial charge is 0.481 e. The van der Waals surface area contributed by atoms with Crippen LogP contribution >= 0.6 is 11.6 Å². The highest BCUT2D eigenvalue weighted by atomic mass is 35.5. The number of ether oxygens (including phenoxy) is 1. The molecule has 33 heteroatoms. The fourth-order valence-electron chi connectivity index (χ4n) is 8.40. The van der Waals surface area contributed by atoms with Crippen LogP contribution in [0.4, 0.5) is 0 Å². The SMILES string of the molecule is C/C=C1\NC(=O)C(C(C)O)NC(=O)C(CCN)NC(=O)C(CCCCN)NC(=O)C(CC(=O)O)NC(=O)C(CCN)NC(=O)C(NC(=O)CC(O)C(O)CCCCCCCCCCC)COC(=O)C(C(O)CCl)NC(=O)C(C(O)C(=O)O)NC1=O. The van der Waals surface area contributed by atoms with Crippen molar-refractivity contribution in [1.29, 1.82) is 0 Å². The molecule has 0 aromatic rings. The molecule has 0 spiro atoms. The maximum absolute atomic E-state index is 14.2.